The summed E-state index contributed by atoms with van der Waals surface area (Å²) < 4.78 is 10.7. The molecule has 28 heavy (non-hydrogen) atoms. The predicted octanol–water partition coefficient (Wildman–Crippen LogP) is 2.93. The van der Waals surface area contributed by atoms with Crippen LogP contribution in [0.3, 0.4) is 0 Å². The van der Waals surface area contributed by atoms with Gasteiger partial charge in [0.05, 0.1) is 0 Å². The van der Waals surface area contributed by atoms with Crippen molar-refractivity contribution in [3.8, 4) is 5.75 Å². The summed E-state index contributed by atoms with van der Waals surface area (Å²) >= 11 is 0. The third-order valence-corrected chi connectivity index (χ3v) is 4.92. The Hall–Kier alpha value is -3.35. The van der Waals surface area contributed by atoms with Crippen LogP contribution >= 0.6 is 0 Å². The Bertz CT molecular complexity index is 1110. The first-order chi connectivity index (χ1) is 13.5. The number of carbonyl (C=O) groups excluding carboxylic acids is 2. The lowest BCUT2D eigenvalue weighted by atomic mass is 10.1. The Balaban J connectivity index is 1.44. The Morgan fingerprint density at radius 2 is 1.96 bits per heavy atom. The van der Waals surface area contributed by atoms with Crippen molar-refractivity contribution in [2.75, 3.05) is 19.7 Å². The van der Waals surface area contributed by atoms with E-state index in [1.165, 1.54) is 12.3 Å². The Labute approximate surface area is 160 Å². The maximum absolute atomic E-state index is 12.4. The number of carbonyl (C=O) groups is 2. The van der Waals surface area contributed by atoms with E-state index in [1.54, 1.807) is 29.2 Å². The van der Waals surface area contributed by atoms with Gasteiger partial charge in [-0.3, -0.25) is 9.59 Å². The minimum atomic E-state index is -0.430. The molecule has 7 nitrogen and oxygen atoms in total. The molecule has 0 saturated carbocycles. The fraction of sp³-hybridized carbons (Fsp3) is 0.286. The van der Waals surface area contributed by atoms with Gasteiger partial charge in [0.1, 0.15) is 17.0 Å². The highest BCUT2D eigenvalue weighted by Crippen LogP contribution is 2.22. The van der Waals surface area contributed by atoms with E-state index in [9.17, 15) is 14.4 Å². The van der Waals surface area contributed by atoms with E-state index < -0.39 is 5.63 Å². The van der Waals surface area contributed by atoms with E-state index in [0.29, 0.717) is 22.6 Å². The van der Waals surface area contributed by atoms with Gasteiger partial charge in [-0.2, -0.15) is 0 Å². The molecule has 1 N–H and O–H groups in total. The van der Waals surface area contributed by atoms with Gasteiger partial charge in [-0.15, -0.1) is 0 Å². The van der Waals surface area contributed by atoms with Crippen LogP contribution in [-0.4, -0.2) is 41.3 Å². The number of Topliss-reactive ketones (excluding diaryl/α,β-unsaturated/α-hetero) is 1. The number of ketones is 1. The molecular weight excluding hydrogens is 360 g/mol. The molecule has 0 aliphatic carbocycles. The number of aromatic amines is 1. The molecule has 0 bridgehead atoms. The molecule has 3 heterocycles. The van der Waals surface area contributed by atoms with Crippen LogP contribution in [0.5, 0.6) is 5.75 Å². The van der Waals surface area contributed by atoms with Gasteiger partial charge in [-0.25, -0.2) is 4.79 Å². The van der Waals surface area contributed by atoms with Crippen molar-refractivity contribution in [1.82, 2.24) is 9.88 Å². The number of ether oxygens (including phenoxy) is 1. The minimum absolute atomic E-state index is 0.0857. The zero-order valence-corrected chi connectivity index (χ0v) is 15.5. The average Bonchev–Trinajstić information content (AvgIpc) is 3.37. The number of nitrogens with one attached hydrogen (secondary N) is 1. The molecule has 2 aromatic heterocycles. The van der Waals surface area contributed by atoms with Gasteiger partial charge in [-0.1, -0.05) is 0 Å². The summed E-state index contributed by atoms with van der Waals surface area (Å²) in [4.78, 5) is 40.9. The largest absolute Gasteiger partial charge is 0.485 e. The number of likely N-dealkylation sites (tertiary alicyclic amines) is 1. The van der Waals surface area contributed by atoms with Gasteiger partial charge in [0, 0.05) is 42.4 Å². The first kappa shape index (κ1) is 18.0. The van der Waals surface area contributed by atoms with E-state index in [4.69, 9.17) is 9.15 Å². The number of H-pyrrole nitrogens is 1. The fourth-order valence-corrected chi connectivity index (χ4v) is 3.40. The SMILES string of the molecule is Cc1cc(=O)oc2cc(OCC(=O)c3c[nH]c(C(=O)N4CCCC4)c3)ccc12. The molecule has 0 unspecified atom stereocenters. The number of fused-ring (bicyclic) bond motifs is 1. The molecule has 1 aliphatic rings. The van der Waals surface area contributed by atoms with Crippen molar-refractivity contribution in [3.63, 3.8) is 0 Å². The highest BCUT2D eigenvalue weighted by atomic mass is 16.5. The van der Waals surface area contributed by atoms with Gasteiger partial charge in [-0.05, 0) is 43.5 Å². The van der Waals surface area contributed by atoms with Crippen molar-refractivity contribution in [1.29, 1.82) is 0 Å². The zero-order valence-electron chi connectivity index (χ0n) is 15.5. The van der Waals surface area contributed by atoms with E-state index in [1.807, 2.05) is 6.92 Å². The van der Waals surface area contributed by atoms with Crippen LogP contribution in [0, 0.1) is 6.92 Å². The number of hydrogen-bond acceptors (Lipinski definition) is 5. The van der Waals surface area contributed by atoms with Crippen LogP contribution in [0.2, 0.25) is 0 Å². The Morgan fingerprint density at radius 1 is 1.18 bits per heavy atom. The topological polar surface area (TPSA) is 92.6 Å². The number of amides is 1. The van der Waals surface area contributed by atoms with Gasteiger partial charge < -0.3 is 19.0 Å². The van der Waals surface area contributed by atoms with E-state index in [2.05, 4.69) is 4.98 Å². The molecule has 0 spiro atoms. The Morgan fingerprint density at radius 3 is 2.75 bits per heavy atom. The summed E-state index contributed by atoms with van der Waals surface area (Å²) in [5.41, 5.74) is 1.60. The van der Waals surface area contributed by atoms with Crippen molar-refractivity contribution in [2.45, 2.75) is 19.8 Å². The minimum Gasteiger partial charge on any atom is -0.485 e. The molecule has 4 rings (SSSR count). The van der Waals surface area contributed by atoms with Gasteiger partial charge in [0.2, 0.25) is 5.78 Å². The second-order valence-electron chi connectivity index (χ2n) is 6.92. The van der Waals surface area contributed by atoms with Crippen molar-refractivity contribution in [3.05, 3.63) is 63.8 Å². The summed E-state index contributed by atoms with van der Waals surface area (Å²) in [6.45, 7) is 3.15. The van der Waals surface area contributed by atoms with Crippen LogP contribution in [-0.2, 0) is 0 Å². The molecule has 1 aromatic carbocycles. The summed E-state index contributed by atoms with van der Waals surface area (Å²) in [5, 5.41) is 0.814. The maximum Gasteiger partial charge on any atom is 0.336 e. The summed E-state index contributed by atoms with van der Waals surface area (Å²) in [7, 11) is 0. The standard InChI is InChI=1S/C21H20N2O5/c1-13-8-20(25)28-19-10-15(4-5-16(13)19)27-12-18(24)14-9-17(22-11-14)21(26)23-6-2-3-7-23/h4-5,8-11,22H,2-3,6-7,12H2,1H3. The lowest BCUT2D eigenvalue weighted by Gasteiger charge is -2.13. The molecule has 1 aliphatic heterocycles. The second-order valence-corrected chi connectivity index (χ2v) is 6.92. The molecule has 3 aromatic rings. The molecule has 1 amide bonds. The molecular formula is C21H20N2O5. The third-order valence-electron chi connectivity index (χ3n) is 4.92. The highest BCUT2D eigenvalue weighted by molar-refractivity contribution is 6.01. The Kier molecular flexibility index (Phi) is 4.73. The lowest BCUT2D eigenvalue weighted by Crippen LogP contribution is -2.27. The molecule has 1 saturated heterocycles. The first-order valence-electron chi connectivity index (χ1n) is 9.19. The summed E-state index contributed by atoms with van der Waals surface area (Å²) in [6.07, 6.45) is 3.55. The number of nitrogens with zero attached hydrogens (tertiary/aromatic N) is 1. The second kappa shape index (κ2) is 7.34. The van der Waals surface area contributed by atoms with Crippen LogP contribution in [0.1, 0.15) is 39.3 Å². The van der Waals surface area contributed by atoms with Gasteiger partial charge in [0.15, 0.2) is 6.61 Å². The molecule has 0 atom stereocenters. The van der Waals surface area contributed by atoms with Crippen LogP contribution in [0.25, 0.3) is 11.0 Å². The lowest BCUT2D eigenvalue weighted by molar-refractivity contribution is 0.0787. The number of aryl methyl sites for hydroxylation is 1. The highest BCUT2D eigenvalue weighted by Gasteiger charge is 2.21. The van der Waals surface area contributed by atoms with Gasteiger partial charge in [0.25, 0.3) is 5.91 Å². The fourth-order valence-electron chi connectivity index (χ4n) is 3.40. The number of rotatable bonds is 5. The third kappa shape index (κ3) is 3.55. The molecule has 7 heteroatoms. The van der Waals surface area contributed by atoms with Crippen LogP contribution in [0.4, 0.5) is 0 Å². The van der Waals surface area contributed by atoms with E-state index in [-0.39, 0.29) is 18.3 Å². The quantitative estimate of drug-likeness (QED) is 0.543. The van der Waals surface area contributed by atoms with E-state index in [0.717, 1.165) is 36.9 Å². The molecule has 0 radical (unpaired) electrons. The number of benzene rings is 1. The molecule has 1 fully saturated rings. The number of hydrogen-bond donors (Lipinski definition) is 1. The molecule has 144 valence electrons. The van der Waals surface area contributed by atoms with E-state index >= 15 is 0 Å². The monoisotopic (exact) mass is 380 g/mol. The van der Waals surface area contributed by atoms with Crippen molar-refractivity contribution in [2.24, 2.45) is 0 Å². The van der Waals surface area contributed by atoms with Crippen molar-refractivity contribution >= 4 is 22.7 Å². The average molecular weight is 380 g/mol. The summed E-state index contributed by atoms with van der Waals surface area (Å²) in [5.74, 6) is 0.0958. The zero-order chi connectivity index (χ0) is 19.7. The smallest absolute Gasteiger partial charge is 0.336 e. The predicted molar refractivity (Wildman–Crippen MR) is 103 cm³/mol. The normalized spacial score (nSPS) is 13.8. The van der Waals surface area contributed by atoms with Crippen molar-refractivity contribution < 1.29 is 18.7 Å². The summed E-state index contributed by atoms with van der Waals surface area (Å²) in [6, 6.07) is 8.10. The maximum atomic E-state index is 12.4. The number of aromatic nitrogens is 1. The van der Waals surface area contributed by atoms with Crippen LogP contribution < -0.4 is 10.4 Å². The van der Waals surface area contributed by atoms with Crippen LogP contribution in [0.15, 0.2) is 45.7 Å². The van der Waals surface area contributed by atoms with Gasteiger partial charge >= 0.3 is 5.63 Å². The first-order valence-corrected chi connectivity index (χ1v) is 9.19.